The third kappa shape index (κ3) is 5.47. The molecular weight excluding hydrogens is 350 g/mol. The number of esters is 1. The van der Waals surface area contributed by atoms with Crippen LogP contribution in [0.5, 0.6) is 0 Å². The summed E-state index contributed by atoms with van der Waals surface area (Å²) in [6.07, 6.45) is -1.01. The molecule has 7 heteroatoms. The van der Waals surface area contributed by atoms with Gasteiger partial charge in [0.05, 0.1) is 15.6 Å². The maximum Gasteiger partial charge on any atom is 0.307 e. The van der Waals surface area contributed by atoms with E-state index in [1.807, 2.05) is 6.07 Å². The zero-order valence-electron chi connectivity index (χ0n) is 13.0. The molecule has 0 saturated carbocycles. The Morgan fingerprint density at radius 3 is 2.46 bits per heavy atom. The second-order valence-corrected chi connectivity index (χ2v) is 6.73. The first-order valence-corrected chi connectivity index (χ1v) is 8.49. The zero-order chi connectivity index (χ0) is 17.5. The molecule has 1 amide bonds. The molecule has 0 bridgehead atoms. The fourth-order valence-electron chi connectivity index (χ4n) is 1.88. The number of Topliss-reactive ketones (excluding diaryl/α,β-unsaturated/α-hetero) is 1. The van der Waals surface area contributed by atoms with E-state index < -0.39 is 18.0 Å². The average molecular weight is 366 g/mol. The van der Waals surface area contributed by atoms with Gasteiger partial charge in [0.15, 0.2) is 11.9 Å². The summed E-state index contributed by atoms with van der Waals surface area (Å²) < 4.78 is 5.57. The van der Waals surface area contributed by atoms with Crippen molar-refractivity contribution >= 4 is 46.3 Å². The van der Waals surface area contributed by atoms with E-state index in [2.05, 4.69) is 5.32 Å². The Hall–Kier alpha value is -2.18. The van der Waals surface area contributed by atoms with Crippen LogP contribution in [0, 0.1) is 0 Å². The maximum absolute atomic E-state index is 11.9. The van der Waals surface area contributed by atoms with E-state index in [0.29, 0.717) is 14.9 Å². The third-order valence-electron chi connectivity index (χ3n) is 3.12. The van der Waals surface area contributed by atoms with Crippen molar-refractivity contribution in [2.24, 2.45) is 0 Å². The van der Waals surface area contributed by atoms with E-state index in [9.17, 15) is 14.4 Å². The van der Waals surface area contributed by atoms with Crippen LogP contribution in [0.1, 0.15) is 29.4 Å². The number of hydrogen-bond acceptors (Lipinski definition) is 5. The first-order chi connectivity index (χ1) is 11.5. The molecule has 0 unspecified atom stereocenters. The van der Waals surface area contributed by atoms with Gasteiger partial charge < -0.3 is 10.1 Å². The minimum Gasteiger partial charge on any atom is -0.453 e. The molecule has 0 aliphatic carbocycles. The summed E-state index contributed by atoms with van der Waals surface area (Å²) in [5.74, 6) is -1.20. The van der Waals surface area contributed by atoms with Gasteiger partial charge in [-0.15, -0.1) is 11.3 Å². The number of ketones is 1. The molecule has 1 atom stereocenters. The maximum atomic E-state index is 11.9. The molecule has 1 aromatic heterocycles. The number of para-hydroxylation sites is 1. The molecule has 126 valence electrons. The largest absolute Gasteiger partial charge is 0.453 e. The van der Waals surface area contributed by atoms with Gasteiger partial charge in [0.25, 0.3) is 5.91 Å². The van der Waals surface area contributed by atoms with Crippen molar-refractivity contribution in [2.75, 3.05) is 5.32 Å². The van der Waals surface area contributed by atoms with Crippen LogP contribution in [-0.4, -0.2) is 23.8 Å². The molecule has 24 heavy (non-hydrogen) atoms. The second kappa shape index (κ2) is 8.61. The van der Waals surface area contributed by atoms with Crippen molar-refractivity contribution in [1.29, 1.82) is 0 Å². The summed E-state index contributed by atoms with van der Waals surface area (Å²) >= 11 is 6.93. The van der Waals surface area contributed by atoms with Crippen LogP contribution in [0.3, 0.4) is 0 Å². The number of carbonyl (C=O) groups is 3. The fourth-order valence-corrected chi connectivity index (χ4v) is 2.89. The van der Waals surface area contributed by atoms with Crippen molar-refractivity contribution in [3.8, 4) is 0 Å². The predicted molar refractivity (Wildman–Crippen MR) is 93.5 cm³/mol. The molecular formula is C17H16ClNO4S. The minimum absolute atomic E-state index is 0.0166. The summed E-state index contributed by atoms with van der Waals surface area (Å²) in [4.78, 5) is 36.1. The van der Waals surface area contributed by atoms with Crippen LogP contribution >= 0.6 is 22.9 Å². The van der Waals surface area contributed by atoms with Gasteiger partial charge in [0.2, 0.25) is 0 Å². The van der Waals surface area contributed by atoms with Crippen molar-refractivity contribution in [3.63, 3.8) is 0 Å². The Kier molecular flexibility index (Phi) is 6.52. The van der Waals surface area contributed by atoms with Gasteiger partial charge in [-0.3, -0.25) is 14.4 Å². The highest BCUT2D eigenvalue weighted by Gasteiger charge is 2.19. The van der Waals surface area contributed by atoms with Crippen LogP contribution < -0.4 is 5.32 Å². The molecule has 0 radical (unpaired) electrons. The van der Waals surface area contributed by atoms with Crippen LogP contribution in [0.25, 0.3) is 0 Å². The molecule has 0 saturated heterocycles. The Morgan fingerprint density at radius 1 is 1.12 bits per heavy atom. The average Bonchev–Trinajstić information content (AvgIpc) is 3.00. The van der Waals surface area contributed by atoms with Gasteiger partial charge >= 0.3 is 5.97 Å². The highest BCUT2D eigenvalue weighted by atomic mass is 35.5. The smallest absolute Gasteiger partial charge is 0.307 e. The first kappa shape index (κ1) is 18.2. The highest BCUT2D eigenvalue weighted by Crippen LogP contribution is 2.23. The molecule has 1 N–H and O–H groups in total. The normalized spacial score (nSPS) is 11.6. The number of amides is 1. The number of thiophene rings is 1. The predicted octanol–water partition coefficient (Wildman–Crippen LogP) is 3.93. The van der Waals surface area contributed by atoms with Crippen molar-refractivity contribution < 1.29 is 19.1 Å². The first-order valence-electron chi connectivity index (χ1n) is 7.29. The van der Waals surface area contributed by atoms with Crippen molar-refractivity contribution in [2.45, 2.75) is 25.9 Å². The van der Waals surface area contributed by atoms with Gasteiger partial charge in [-0.05, 0) is 31.2 Å². The number of carbonyl (C=O) groups excluding carboxylic acids is 3. The number of ether oxygens (including phenoxy) is 1. The van der Waals surface area contributed by atoms with Gasteiger partial charge in [0, 0.05) is 12.1 Å². The molecule has 0 aliphatic rings. The summed E-state index contributed by atoms with van der Waals surface area (Å²) in [6.45, 7) is 1.48. The number of anilines is 1. The lowest BCUT2D eigenvalue weighted by atomic mass is 10.2. The van der Waals surface area contributed by atoms with Crippen LogP contribution in [0.2, 0.25) is 4.34 Å². The number of halogens is 1. The second-order valence-electron chi connectivity index (χ2n) is 5.01. The van der Waals surface area contributed by atoms with E-state index in [4.69, 9.17) is 16.3 Å². The summed E-state index contributed by atoms with van der Waals surface area (Å²) in [5, 5.41) is 2.64. The lowest BCUT2D eigenvalue weighted by molar-refractivity contribution is -0.153. The van der Waals surface area contributed by atoms with Crippen molar-refractivity contribution in [1.82, 2.24) is 0 Å². The quantitative estimate of drug-likeness (QED) is 0.596. The standard InChI is InChI=1S/C17H16ClNO4S/c1-11(17(22)19-12-5-3-2-4-6-12)23-16(21)10-7-13(20)14-8-9-15(18)24-14/h2-6,8-9,11H,7,10H2,1H3,(H,19,22)/t11-/m1/s1. The number of benzene rings is 1. The van der Waals surface area contributed by atoms with Crippen molar-refractivity contribution in [3.05, 3.63) is 51.7 Å². The van der Waals surface area contributed by atoms with Crippen LogP contribution in [-0.2, 0) is 14.3 Å². The number of rotatable bonds is 7. The molecule has 1 aromatic carbocycles. The van der Waals surface area contributed by atoms with E-state index in [1.165, 1.54) is 18.3 Å². The molecule has 0 fully saturated rings. The highest BCUT2D eigenvalue weighted by molar-refractivity contribution is 7.18. The van der Waals surface area contributed by atoms with E-state index >= 15 is 0 Å². The Morgan fingerprint density at radius 2 is 1.83 bits per heavy atom. The molecule has 2 aromatic rings. The minimum atomic E-state index is -0.941. The van der Waals surface area contributed by atoms with E-state index in [1.54, 1.807) is 36.4 Å². The monoisotopic (exact) mass is 365 g/mol. The third-order valence-corrected chi connectivity index (χ3v) is 4.40. The fraction of sp³-hybridized carbons (Fsp3) is 0.235. The summed E-state index contributed by atoms with van der Waals surface area (Å²) in [7, 11) is 0. The number of nitrogens with one attached hydrogen (secondary N) is 1. The zero-order valence-corrected chi connectivity index (χ0v) is 14.5. The molecule has 0 aliphatic heterocycles. The Labute approximate surface area is 148 Å². The van der Waals surface area contributed by atoms with Crippen LogP contribution in [0.4, 0.5) is 5.69 Å². The topological polar surface area (TPSA) is 72.5 Å². The molecule has 2 rings (SSSR count). The van der Waals surface area contributed by atoms with Gasteiger partial charge in [-0.1, -0.05) is 29.8 Å². The molecule has 1 heterocycles. The molecule has 5 nitrogen and oxygen atoms in total. The lowest BCUT2D eigenvalue weighted by Crippen LogP contribution is -2.30. The Bertz CT molecular complexity index is 729. The summed E-state index contributed by atoms with van der Waals surface area (Å²) in [6, 6.07) is 12.1. The Balaban J connectivity index is 1.77. The SMILES string of the molecule is C[C@@H](OC(=O)CCC(=O)c1ccc(Cl)s1)C(=O)Nc1ccccc1. The van der Waals surface area contributed by atoms with Gasteiger partial charge in [0.1, 0.15) is 0 Å². The van der Waals surface area contributed by atoms with E-state index in [-0.39, 0.29) is 18.6 Å². The van der Waals surface area contributed by atoms with Gasteiger partial charge in [-0.2, -0.15) is 0 Å². The summed E-state index contributed by atoms with van der Waals surface area (Å²) in [5.41, 5.74) is 0.621. The molecule has 0 spiro atoms. The van der Waals surface area contributed by atoms with E-state index in [0.717, 1.165) is 0 Å². The number of hydrogen-bond donors (Lipinski definition) is 1. The lowest BCUT2D eigenvalue weighted by Gasteiger charge is -2.13. The van der Waals surface area contributed by atoms with Crippen LogP contribution in [0.15, 0.2) is 42.5 Å². The van der Waals surface area contributed by atoms with Gasteiger partial charge in [-0.25, -0.2) is 0 Å².